The molecule has 4 heterocycles. The lowest BCUT2D eigenvalue weighted by Gasteiger charge is -2.38. The van der Waals surface area contributed by atoms with Gasteiger partial charge in [0.25, 0.3) is 0 Å². The summed E-state index contributed by atoms with van der Waals surface area (Å²) in [6, 6.07) is 6.68. The third-order valence-electron chi connectivity index (χ3n) is 10.1. The van der Waals surface area contributed by atoms with Crippen molar-refractivity contribution in [3.8, 4) is 34.4 Å². The van der Waals surface area contributed by atoms with Crippen LogP contribution in [0.3, 0.4) is 0 Å². The van der Waals surface area contributed by atoms with Gasteiger partial charge in [-0.3, -0.25) is 0 Å². The Morgan fingerprint density at radius 2 is 1.77 bits per heavy atom. The van der Waals surface area contributed by atoms with Gasteiger partial charge in [0, 0.05) is 24.6 Å². The molecule has 0 radical (unpaired) electrons. The van der Waals surface area contributed by atoms with Crippen LogP contribution in [-0.2, 0) is 4.74 Å². The minimum absolute atomic E-state index is 0.00400. The normalized spacial score (nSPS) is 16.3. The van der Waals surface area contributed by atoms with Gasteiger partial charge in [-0.1, -0.05) is 65.3 Å². The molecule has 0 N–H and O–H groups in total. The van der Waals surface area contributed by atoms with Gasteiger partial charge >= 0.3 is 0 Å². The Hall–Kier alpha value is -3.46. The second kappa shape index (κ2) is 13.8. The topological polar surface area (TPSA) is 69.6 Å². The van der Waals surface area contributed by atoms with E-state index >= 15 is 8.78 Å². The number of hydrogen-bond donors (Lipinski definition) is 0. The fraction of sp³-hybridized carbons (Fsp3) is 0.486. The number of aromatic nitrogens is 3. The van der Waals surface area contributed by atoms with E-state index in [4.69, 9.17) is 24.2 Å². The maximum atomic E-state index is 17.2. The van der Waals surface area contributed by atoms with Crippen molar-refractivity contribution in [3.63, 3.8) is 0 Å². The molecule has 0 aliphatic carbocycles. The predicted octanol–water partition coefficient (Wildman–Crippen LogP) is 9.15. The SMILES string of the molecule is COCOc1cc(-c2nc3c4c(nc(SC)nc4c2F)N2CCCC[C@H]2CO3)c2c(C#C[Si](C(C)C)(C(C)C)C(C)C)c(F)ccc2c1. The Balaban J connectivity index is 1.68. The number of ether oxygens (including phenoxy) is 3. The molecule has 4 aromatic rings. The molecule has 2 aromatic heterocycles. The van der Waals surface area contributed by atoms with Gasteiger partial charge < -0.3 is 19.1 Å². The van der Waals surface area contributed by atoms with E-state index < -0.39 is 19.7 Å². The number of benzene rings is 2. The molecule has 0 amide bonds. The van der Waals surface area contributed by atoms with E-state index in [1.807, 2.05) is 6.26 Å². The smallest absolute Gasteiger partial charge is 0.227 e. The van der Waals surface area contributed by atoms with Gasteiger partial charge in [0.1, 0.15) is 48.7 Å². The number of rotatable bonds is 8. The van der Waals surface area contributed by atoms with Crippen LogP contribution in [0.25, 0.3) is 32.9 Å². The van der Waals surface area contributed by atoms with Crippen LogP contribution in [0.5, 0.6) is 11.6 Å². The standard InChI is InChI=1S/C37H44F2N4O3SSi/c1-21(2)48(22(3)4,23(5)6)16-14-27-29(38)13-12-24-17-26(46-20-44-7)18-28(30(24)27)33-32(39)34-31-35(42-37(41-34)47-8)43-15-10-9-11-25(43)19-45-36(31)40-33/h12-13,17-18,21-23,25H,9-11,15,19-20H2,1-8H3/t25-/m0/s1. The number of anilines is 1. The molecule has 254 valence electrons. The number of pyridine rings is 1. The van der Waals surface area contributed by atoms with Crippen LogP contribution in [0.2, 0.25) is 16.6 Å². The minimum Gasteiger partial charge on any atom is -0.475 e. The zero-order valence-electron chi connectivity index (χ0n) is 29.0. The van der Waals surface area contributed by atoms with Crippen LogP contribution in [0.15, 0.2) is 29.4 Å². The molecule has 2 aliphatic rings. The molecule has 11 heteroatoms. The zero-order chi connectivity index (χ0) is 34.3. The maximum Gasteiger partial charge on any atom is 0.227 e. The van der Waals surface area contributed by atoms with Crippen molar-refractivity contribution < 1.29 is 23.0 Å². The van der Waals surface area contributed by atoms with Crippen LogP contribution < -0.4 is 14.4 Å². The first-order valence-electron chi connectivity index (χ1n) is 16.8. The van der Waals surface area contributed by atoms with Crippen molar-refractivity contribution in [2.45, 2.75) is 88.6 Å². The molecule has 7 nitrogen and oxygen atoms in total. The highest BCUT2D eigenvalue weighted by Crippen LogP contribution is 2.45. The van der Waals surface area contributed by atoms with Gasteiger partial charge in [0.05, 0.1) is 11.6 Å². The monoisotopic (exact) mass is 690 g/mol. The molecule has 48 heavy (non-hydrogen) atoms. The molecule has 1 fully saturated rings. The fourth-order valence-corrected chi connectivity index (χ4v) is 13.4. The molecule has 1 atom stereocenters. The highest BCUT2D eigenvalue weighted by atomic mass is 32.2. The highest BCUT2D eigenvalue weighted by molar-refractivity contribution is 7.98. The number of nitrogens with zero attached hydrogens (tertiary/aromatic N) is 4. The van der Waals surface area contributed by atoms with Gasteiger partial charge in [-0.2, -0.15) is 0 Å². The van der Waals surface area contributed by atoms with E-state index in [-0.39, 0.29) is 35.5 Å². The van der Waals surface area contributed by atoms with Crippen LogP contribution in [0.4, 0.5) is 14.6 Å². The van der Waals surface area contributed by atoms with Crippen molar-refractivity contribution >= 4 is 47.3 Å². The summed E-state index contributed by atoms with van der Waals surface area (Å²) < 4.78 is 50.7. The van der Waals surface area contributed by atoms with E-state index in [0.29, 0.717) is 61.7 Å². The molecule has 0 unspecified atom stereocenters. The summed E-state index contributed by atoms with van der Waals surface area (Å²) in [5.74, 6) is 3.58. The minimum atomic E-state index is -2.24. The summed E-state index contributed by atoms with van der Waals surface area (Å²) in [6.07, 6.45) is 4.93. The summed E-state index contributed by atoms with van der Waals surface area (Å²) in [4.78, 5) is 16.6. The molecule has 0 bridgehead atoms. The number of hydrogen-bond acceptors (Lipinski definition) is 8. The van der Waals surface area contributed by atoms with Crippen LogP contribution >= 0.6 is 11.8 Å². The Bertz CT molecular complexity index is 1900. The summed E-state index contributed by atoms with van der Waals surface area (Å²) in [7, 11) is -0.710. The van der Waals surface area contributed by atoms with Crippen molar-refractivity contribution in [3.05, 3.63) is 41.5 Å². The third-order valence-corrected chi connectivity index (χ3v) is 17.0. The van der Waals surface area contributed by atoms with Gasteiger partial charge in [0.2, 0.25) is 5.88 Å². The molecule has 6 rings (SSSR count). The first-order chi connectivity index (χ1) is 23.0. The van der Waals surface area contributed by atoms with Crippen molar-refractivity contribution in [2.75, 3.05) is 38.2 Å². The molecule has 2 aromatic carbocycles. The zero-order valence-corrected chi connectivity index (χ0v) is 30.9. The van der Waals surface area contributed by atoms with Gasteiger partial charge in [0.15, 0.2) is 17.8 Å². The Labute approximate surface area is 287 Å². The molecule has 0 spiro atoms. The van der Waals surface area contributed by atoms with E-state index in [9.17, 15) is 0 Å². The Kier molecular flexibility index (Phi) is 9.89. The molecular weight excluding hydrogens is 647 g/mol. The van der Waals surface area contributed by atoms with E-state index in [2.05, 4.69) is 62.9 Å². The predicted molar refractivity (Wildman–Crippen MR) is 193 cm³/mol. The van der Waals surface area contributed by atoms with Crippen molar-refractivity contribution in [2.24, 2.45) is 0 Å². The van der Waals surface area contributed by atoms with Crippen molar-refractivity contribution in [1.29, 1.82) is 0 Å². The van der Waals surface area contributed by atoms with E-state index in [1.54, 1.807) is 18.2 Å². The number of fused-ring (bicyclic) bond motifs is 3. The fourth-order valence-electron chi connectivity index (χ4n) is 7.85. The number of halogens is 2. The van der Waals surface area contributed by atoms with Crippen LogP contribution in [0.1, 0.15) is 66.4 Å². The lowest BCUT2D eigenvalue weighted by molar-refractivity contribution is 0.0512. The average Bonchev–Trinajstić information content (AvgIpc) is 3.22. The van der Waals surface area contributed by atoms with Gasteiger partial charge in [-0.15, -0.1) is 5.54 Å². The number of piperidine rings is 1. The number of thioether (sulfide) groups is 1. The van der Waals surface area contributed by atoms with Crippen molar-refractivity contribution in [1.82, 2.24) is 15.0 Å². The maximum absolute atomic E-state index is 17.2. The van der Waals surface area contributed by atoms with E-state index in [1.165, 1.54) is 24.9 Å². The third kappa shape index (κ3) is 5.90. The number of methoxy groups -OCH3 is 1. The summed E-state index contributed by atoms with van der Waals surface area (Å²) in [5, 5.41) is 2.04. The van der Waals surface area contributed by atoms with Crippen LogP contribution in [0, 0.1) is 23.1 Å². The molecule has 2 aliphatic heterocycles. The second-order valence-corrected chi connectivity index (χ2v) is 20.0. The first kappa shape index (κ1) is 34.4. The molecular formula is C37H44F2N4O3SSi. The molecule has 0 saturated carbocycles. The Morgan fingerprint density at radius 3 is 2.46 bits per heavy atom. The summed E-state index contributed by atoms with van der Waals surface area (Å²) in [5.41, 5.74) is 5.42. The molecule has 1 saturated heterocycles. The first-order valence-corrected chi connectivity index (χ1v) is 20.2. The Morgan fingerprint density at radius 1 is 1.02 bits per heavy atom. The summed E-state index contributed by atoms with van der Waals surface area (Å²) >= 11 is 1.36. The lowest BCUT2D eigenvalue weighted by atomic mass is 9.95. The van der Waals surface area contributed by atoms with Gasteiger partial charge in [-0.05, 0) is 65.7 Å². The summed E-state index contributed by atoms with van der Waals surface area (Å²) in [6.45, 7) is 14.5. The van der Waals surface area contributed by atoms with E-state index in [0.717, 1.165) is 25.8 Å². The lowest BCUT2D eigenvalue weighted by Crippen LogP contribution is -2.43. The average molecular weight is 691 g/mol. The quantitative estimate of drug-likeness (QED) is 0.0596. The second-order valence-electron chi connectivity index (χ2n) is 13.7. The van der Waals surface area contributed by atoms with Crippen LogP contribution in [-0.4, -0.2) is 62.4 Å². The largest absolute Gasteiger partial charge is 0.475 e. The highest BCUT2D eigenvalue weighted by Gasteiger charge is 2.42. The van der Waals surface area contributed by atoms with Gasteiger partial charge in [-0.25, -0.2) is 23.7 Å².